The van der Waals surface area contributed by atoms with E-state index >= 15 is 0 Å². The minimum absolute atomic E-state index is 0.410. The number of sulfonamides is 1. The molecule has 1 aromatic rings. The zero-order valence-corrected chi connectivity index (χ0v) is 13.6. The van der Waals surface area contributed by atoms with E-state index in [-0.39, 0.29) is 0 Å². The summed E-state index contributed by atoms with van der Waals surface area (Å²) in [5.41, 5.74) is 0. The third-order valence-electron chi connectivity index (χ3n) is 3.79. The Morgan fingerprint density at radius 1 is 1.00 bits per heavy atom. The van der Waals surface area contributed by atoms with E-state index in [1.165, 1.54) is 12.8 Å². The van der Waals surface area contributed by atoms with E-state index in [2.05, 4.69) is 27.5 Å². The quantitative estimate of drug-likeness (QED) is 0.737. The zero-order chi connectivity index (χ0) is 13.5. The monoisotopic (exact) mass is 392 g/mol. The first kappa shape index (κ1) is 13.8. The highest BCUT2D eigenvalue weighted by Crippen LogP contribution is 2.28. The second-order valence-electron chi connectivity index (χ2n) is 5.13. The fourth-order valence-electron chi connectivity index (χ4n) is 2.50. The molecule has 0 unspecified atom stereocenters. The summed E-state index contributed by atoms with van der Waals surface area (Å²) < 4.78 is 27.7. The Morgan fingerprint density at radius 3 is 2.11 bits per heavy atom. The van der Waals surface area contributed by atoms with Crippen molar-refractivity contribution >= 4 is 32.6 Å². The van der Waals surface area contributed by atoms with Crippen LogP contribution in [0.1, 0.15) is 12.8 Å². The molecule has 1 aliphatic carbocycles. The highest BCUT2D eigenvalue weighted by atomic mass is 127. The molecule has 19 heavy (non-hydrogen) atoms. The summed E-state index contributed by atoms with van der Waals surface area (Å²) >= 11 is 2.18. The van der Waals surface area contributed by atoms with Crippen molar-refractivity contribution in [2.45, 2.75) is 23.8 Å². The van der Waals surface area contributed by atoms with Crippen LogP contribution in [-0.4, -0.2) is 49.8 Å². The summed E-state index contributed by atoms with van der Waals surface area (Å²) in [6, 6.07) is 7.81. The largest absolute Gasteiger partial charge is 0.298 e. The van der Waals surface area contributed by atoms with Gasteiger partial charge in [0.05, 0.1) is 4.90 Å². The number of hydrogen-bond acceptors (Lipinski definition) is 3. The van der Waals surface area contributed by atoms with E-state index in [9.17, 15) is 8.42 Å². The second-order valence-corrected chi connectivity index (χ2v) is 8.31. The Morgan fingerprint density at radius 2 is 1.58 bits per heavy atom. The Kier molecular flexibility index (Phi) is 3.85. The predicted molar refractivity (Wildman–Crippen MR) is 82.5 cm³/mol. The van der Waals surface area contributed by atoms with Crippen LogP contribution in [0.5, 0.6) is 0 Å². The summed E-state index contributed by atoms with van der Waals surface area (Å²) in [5.74, 6) is 0. The third-order valence-corrected chi connectivity index (χ3v) is 6.42. The lowest BCUT2D eigenvalue weighted by atomic mass is 10.3. The average Bonchev–Trinajstić information content (AvgIpc) is 3.24. The molecule has 2 fully saturated rings. The highest BCUT2D eigenvalue weighted by molar-refractivity contribution is 14.1. The fourth-order valence-corrected chi connectivity index (χ4v) is 4.29. The van der Waals surface area contributed by atoms with Crippen LogP contribution < -0.4 is 0 Å². The molecular weight excluding hydrogens is 375 g/mol. The van der Waals surface area contributed by atoms with Crippen LogP contribution in [0, 0.1) is 3.57 Å². The molecule has 6 heteroatoms. The van der Waals surface area contributed by atoms with Gasteiger partial charge < -0.3 is 0 Å². The summed E-state index contributed by atoms with van der Waals surface area (Å²) in [4.78, 5) is 2.83. The average molecular weight is 392 g/mol. The van der Waals surface area contributed by atoms with Gasteiger partial charge in [-0.05, 0) is 59.7 Å². The lowest BCUT2D eigenvalue weighted by Gasteiger charge is -2.34. The van der Waals surface area contributed by atoms with Gasteiger partial charge in [0.25, 0.3) is 0 Å². The number of rotatable bonds is 3. The first-order valence-electron chi connectivity index (χ1n) is 6.57. The van der Waals surface area contributed by atoms with Gasteiger partial charge in [-0.15, -0.1) is 0 Å². The van der Waals surface area contributed by atoms with Crippen molar-refractivity contribution < 1.29 is 8.42 Å². The van der Waals surface area contributed by atoms with Crippen molar-refractivity contribution in [2.24, 2.45) is 0 Å². The molecule has 0 amide bonds. The minimum Gasteiger partial charge on any atom is -0.298 e. The first-order chi connectivity index (χ1) is 9.07. The summed E-state index contributed by atoms with van der Waals surface area (Å²) in [6.07, 6.45) is 2.56. The minimum atomic E-state index is -3.30. The normalized spacial score (nSPS) is 22.6. The van der Waals surface area contributed by atoms with Gasteiger partial charge in [-0.2, -0.15) is 4.31 Å². The summed E-state index contributed by atoms with van der Waals surface area (Å²) in [7, 11) is -3.30. The molecular formula is C13H17IN2O2S. The van der Waals surface area contributed by atoms with Crippen LogP contribution in [0.2, 0.25) is 0 Å². The molecule has 4 nitrogen and oxygen atoms in total. The Bertz CT molecular complexity index is 547. The molecule has 3 rings (SSSR count). The van der Waals surface area contributed by atoms with Gasteiger partial charge in [-0.25, -0.2) is 8.42 Å². The predicted octanol–water partition coefficient (Wildman–Crippen LogP) is 1.76. The molecule has 1 aliphatic heterocycles. The Balaban J connectivity index is 1.72. The summed E-state index contributed by atoms with van der Waals surface area (Å²) in [5, 5.41) is 0. The van der Waals surface area contributed by atoms with Gasteiger partial charge in [-0.1, -0.05) is 0 Å². The van der Waals surface area contributed by atoms with E-state index in [1.54, 1.807) is 16.4 Å². The maximum absolute atomic E-state index is 12.5. The van der Waals surface area contributed by atoms with Crippen LogP contribution in [0.3, 0.4) is 0 Å². The molecule has 2 aliphatic rings. The molecule has 0 bridgehead atoms. The van der Waals surface area contributed by atoms with Crippen molar-refractivity contribution in [1.82, 2.24) is 9.21 Å². The SMILES string of the molecule is O=S(=O)(c1ccc(I)cc1)N1CCN(C2CC2)CC1. The molecule has 104 valence electrons. The van der Waals surface area contributed by atoms with E-state index < -0.39 is 10.0 Å². The molecule has 1 heterocycles. The van der Waals surface area contributed by atoms with Gasteiger partial charge in [0.2, 0.25) is 10.0 Å². The van der Waals surface area contributed by atoms with Gasteiger partial charge in [-0.3, -0.25) is 4.90 Å². The fraction of sp³-hybridized carbons (Fsp3) is 0.538. The zero-order valence-electron chi connectivity index (χ0n) is 10.6. The van der Waals surface area contributed by atoms with Gasteiger partial charge in [0, 0.05) is 35.8 Å². The number of benzene rings is 1. The summed E-state index contributed by atoms with van der Waals surface area (Å²) in [6.45, 7) is 2.97. The molecule has 0 N–H and O–H groups in total. The van der Waals surface area contributed by atoms with Crippen LogP contribution in [0.15, 0.2) is 29.2 Å². The number of piperazine rings is 1. The first-order valence-corrected chi connectivity index (χ1v) is 9.09. The van der Waals surface area contributed by atoms with E-state index in [0.29, 0.717) is 18.0 Å². The second kappa shape index (κ2) is 5.31. The van der Waals surface area contributed by atoms with Crippen molar-refractivity contribution in [3.8, 4) is 0 Å². The van der Waals surface area contributed by atoms with Crippen molar-refractivity contribution in [2.75, 3.05) is 26.2 Å². The molecule has 1 saturated carbocycles. The van der Waals surface area contributed by atoms with Crippen LogP contribution >= 0.6 is 22.6 Å². The third kappa shape index (κ3) is 2.96. The standard InChI is InChI=1S/C13H17IN2O2S/c14-11-1-5-13(6-2-11)19(17,18)16-9-7-15(8-10-16)12-3-4-12/h1-2,5-6,12H,3-4,7-10H2. The number of halogens is 1. The molecule has 0 atom stereocenters. The van der Waals surface area contributed by atoms with E-state index in [0.717, 1.165) is 22.7 Å². The smallest absolute Gasteiger partial charge is 0.243 e. The van der Waals surface area contributed by atoms with Crippen LogP contribution in [0.25, 0.3) is 0 Å². The van der Waals surface area contributed by atoms with E-state index in [4.69, 9.17) is 0 Å². The number of nitrogens with zero attached hydrogens (tertiary/aromatic N) is 2. The Hall–Kier alpha value is -0.180. The Labute approximate surface area is 128 Å². The molecule has 1 aromatic carbocycles. The topological polar surface area (TPSA) is 40.6 Å². The van der Waals surface area contributed by atoms with Crippen LogP contribution in [-0.2, 0) is 10.0 Å². The lowest BCUT2D eigenvalue weighted by Crippen LogP contribution is -2.49. The molecule has 0 spiro atoms. The van der Waals surface area contributed by atoms with Crippen molar-refractivity contribution in [3.05, 3.63) is 27.8 Å². The maximum atomic E-state index is 12.5. The van der Waals surface area contributed by atoms with Gasteiger partial charge >= 0.3 is 0 Å². The van der Waals surface area contributed by atoms with E-state index in [1.807, 2.05) is 12.1 Å². The van der Waals surface area contributed by atoms with Gasteiger partial charge in [0.1, 0.15) is 0 Å². The molecule has 0 radical (unpaired) electrons. The highest BCUT2D eigenvalue weighted by Gasteiger charge is 2.34. The number of hydrogen-bond donors (Lipinski definition) is 0. The van der Waals surface area contributed by atoms with Gasteiger partial charge in [0.15, 0.2) is 0 Å². The maximum Gasteiger partial charge on any atom is 0.243 e. The molecule has 1 saturated heterocycles. The van der Waals surface area contributed by atoms with Crippen molar-refractivity contribution in [1.29, 1.82) is 0 Å². The van der Waals surface area contributed by atoms with Crippen molar-refractivity contribution in [3.63, 3.8) is 0 Å². The van der Waals surface area contributed by atoms with Crippen LogP contribution in [0.4, 0.5) is 0 Å². The lowest BCUT2D eigenvalue weighted by molar-refractivity contribution is 0.180. The molecule has 0 aromatic heterocycles.